The Morgan fingerprint density at radius 1 is 1.30 bits per heavy atom. The molecule has 0 radical (unpaired) electrons. The van der Waals surface area contributed by atoms with Gasteiger partial charge in [0.15, 0.2) is 11.2 Å². The molecule has 20 heavy (non-hydrogen) atoms. The second-order valence-corrected chi connectivity index (χ2v) is 5.48. The molecule has 0 aromatic carbocycles. The Kier molecular flexibility index (Phi) is 4.45. The van der Waals surface area contributed by atoms with Gasteiger partial charge in [-0.05, 0) is 13.8 Å². The van der Waals surface area contributed by atoms with Crippen molar-refractivity contribution in [3.05, 3.63) is 12.2 Å². The van der Waals surface area contributed by atoms with Gasteiger partial charge in [0.1, 0.15) is 12.2 Å². The number of aromatic nitrogens is 4. The van der Waals surface area contributed by atoms with Crippen molar-refractivity contribution in [3.8, 4) is 5.88 Å². The van der Waals surface area contributed by atoms with Crippen LogP contribution in [0, 0.1) is 0 Å². The van der Waals surface area contributed by atoms with Crippen molar-refractivity contribution in [2.75, 3.05) is 26.7 Å². The molecule has 0 aliphatic rings. The van der Waals surface area contributed by atoms with Gasteiger partial charge in [-0.3, -0.25) is 0 Å². The first-order valence-electron chi connectivity index (χ1n) is 6.37. The van der Waals surface area contributed by atoms with Gasteiger partial charge in [0.2, 0.25) is 5.88 Å². The van der Waals surface area contributed by atoms with E-state index in [4.69, 9.17) is 21.1 Å². The number of alkyl halides is 1. The first-order chi connectivity index (χ1) is 9.55. The number of ether oxygens (including phenoxy) is 2. The second-order valence-electron chi connectivity index (χ2n) is 5.10. The first kappa shape index (κ1) is 15.0. The fraction of sp³-hybridized carbons (Fsp3) is 0.615. The average Bonchev–Trinajstić information content (AvgIpc) is 2.77. The van der Waals surface area contributed by atoms with E-state index < -0.39 is 0 Å². The molecule has 7 heteroatoms. The van der Waals surface area contributed by atoms with Crippen molar-refractivity contribution >= 4 is 22.8 Å². The number of fused-ring (bicyclic) bond motifs is 1. The smallest absolute Gasteiger partial charge is 0.245 e. The summed E-state index contributed by atoms with van der Waals surface area (Å²) in [7, 11) is 3.25. The van der Waals surface area contributed by atoms with Gasteiger partial charge in [-0.15, -0.1) is 11.6 Å². The zero-order chi connectivity index (χ0) is 14.8. The van der Waals surface area contributed by atoms with Crippen molar-refractivity contribution in [1.29, 1.82) is 0 Å². The molecule has 0 fully saturated rings. The van der Waals surface area contributed by atoms with E-state index in [1.165, 1.54) is 6.33 Å². The maximum atomic E-state index is 5.88. The Balaban J connectivity index is 2.69. The van der Waals surface area contributed by atoms with Crippen LogP contribution in [0.2, 0.25) is 0 Å². The van der Waals surface area contributed by atoms with Gasteiger partial charge >= 0.3 is 0 Å². The van der Waals surface area contributed by atoms with Crippen molar-refractivity contribution < 1.29 is 9.47 Å². The van der Waals surface area contributed by atoms with Crippen LogP contribution in [-0.4, -0.2) is 46.2 Å². The highest BCUT2D eigenvalue weighted by Crippen LogP contribution is 2.28. The third-order valence-corrected chi connectivity index (χ3v) is 3.28. The number of halogens is 1. The summed E-state index contributed by atoms with van der Waals surface area (Å²) in [5.41, 5.74) is 1.10. The topological polar surface area (TPSA) is 62.1 Å². The van der Waals surface area contributed by atoms with E-state index in [1.807, 2.05) is 0 Å². The average molecular weight is 299 g/mol. The highest BCUT2D eigenvalue weighted by Gasteiger charge is 2.28. The maximum Gasteiger partial charge on any atom is 0.245 e. The van der Waals surface area contributed by atoms with E-state index in [2.05, 4.69) is 33.4 Å². The third-order valence-electron chi connectivity index (χ3n) is 3.09. The van der Waals surface area contributed by atoms with Crippen molar-refractivity contribution in [3.63, 3.8) is 0 Å². The van der Waals surface area contributed by atoms with E-state index in [-0.39, 0.29) is 5.54 Å². The quantitative estimate of drug-likeness (QED) is 0.763. The number of hydrogen-bond acceptors (Lipinski definition) is 5. The number of methoxy groups -OCH3 is 2. The van der Waals surface area contributed by atoms with Gasteiger partial charge in [-0.1, -0.05) is 0 Å². The zero-order valence-electron chi connectivity index (χ0n) is 12.2. The van der Waals surface area contributed by atoms with Gasteiger partial charge in [0, 0.05) is 19.4 Å². The normalized spacial score (nSPS) is 12.1. The predicted octanol–water partition coefficient (Wildman–Crippen LogP) is 2.00. The minimum absolute atomic E-state index is 0.287. The molecule has 0 amide bonds. The summed E-state index contributed by atoms with van der Waals surface area (Å²) >= 11 is 5.88. The Labute approximate surface area is 123 Å². The minimum atomic E-state index is -0.287. The highest BCUT2D eigenvalue weighted by molar-refractivity contribution is 6.17. The molecular weight excluding hydrogens is 280 g/mol. The number of nitrogens with zero attached hydrogens (tertiary/aromatic N) is 4. The fourth-order valence-corrected chi connectivity index (χ4v) is 2.54. The van der Waals surface area contributed by atoms with Crippen LogP contribution in [0.1, 0.15) is 19.7 Å². The van der Waals surface area contributed by atoms with E-state index in [9.17, 15) is 0 Å². The molecule has 0 aliphatic carbocycles. The van der Waals surface area contributed by atoms with Crippen LogP contribution in [0.3, 0.4) is 0 Å². The van der Waals surface area contributed by atoms with Crippen molar-refractivity contribution in [2.45, 2.75) is 25.8 Å². The fourth-order valence-electron chi connectivity index (χ4n) is 2.37. The molecule has 0 unspecified atom stereocenters. The Morgan fingerprint density at radius 3 is 2.65 bits per heavy atom. The summed E-state index contributed by atoms with van der Waals surface area (Å²) in [5.74, 6) is 1.82. The summed E-state index contributed by atoms with van der Waals surface area (Å²) in [6.45, 7) is 4.69. The van der Waals surface area contributed by atoms with E-state index in [1.54, 1.807) is 14.2 Å². The number of imidazole rings is 1. The lowest BCUT2D eigenvalue weighted by atomic mass is 10.1. The largest absolute Gasteiger partial charge is 0.479 e. The highest BCUT2D eigenvalue weighted by atomic mass is 35.5. The molecule has 2 aromatic heterocycles. The van der Waals surface area contributed by atoms with Crippen LogP contribution in [0.15, 0.2) is 6.33 Å². The summed E-state index contributed by atoms with van der Waals surface area (Å²) in [5, 5.41) is 0. The van der Waals surface area contributed by atoms with Gasteiger partial charge < -0.3 is 14.0 Å². The van der Waals surface area contributed by atoms with Gasteiger partial charge in [-0.2, -0.15) is 4.98 Å². The number of hydrogen-bond donors (Lipinski definition) is 0. The third kappa shape index (κ3) is 2.58. The van der Waals surface area contributed by atoms with Crippen molar-refractivity contribution in [2.24, 2.45) is 0 Å². The van der Waals surface area contributed by atoms with Gasteiger partial charge in [-0.25, -0.2) is 9.97 Å². The predicted molar refractivity (Wildman–Crippen MR) is 77.5 cm³/mol. The Bertz CT molecular complexity index is 597. The summed E-state index contributed by atoms with van der Waals surface area (Å²) in [6.07, 6.45) is 2.13. The van der Waals surface area contributed by atoms with E-state index in [0.717, 1.165) is 11.5 Å². The molecule has 0 atom stereocenters. The van der Waals surface area contributed by atoms with Crippen LogP contribution in [-0.2, 0) is 16.7 Å². The maximum absolute atomic E-state index is 5.88. The zero-order valence-corrected chi connectivity index (χ0v) is 12.9. The molecule has 2 heterocycles. The van der Waals surface area contributed by atoms with E-state index >= 15 is 0 Å². The molecular formula is C13H19ClN4O2. The molecule has 0 saturated heterocycles. The first-order valence-corrected chi connectivity index (χ1v) is 6.90. The van der Waals surface area contributed by atoms with Crippen molar-refractivity contribution in [1.82, 2.24) is 19.5 Å². The molecule has 2 rings (SSSR count). The number of rotatable bonds is 6. The van der Waals surface area contributed by atoms with Crippen LogP contribution >= 0.6 is 11.6 Å². The lowest BCUT2D eigenvalue weighted by Gasteiger charge is -2.28. The monoisotopic (exact) mass is 298 g/mol. The molecule has 6 nitrogen and oxygen atoms in total. The molecule has 0 aliphatic heterocycles. The second kappa shape index (κ2) is 5.93. The van der Waals surface area contributed by atoms with Crippen LogP contribution < -0.4 is 4.74 Å². The van der Waals surface area contributed by atoms with Gasteiger partial charge in [0.25, 0.3) is 0 Å². The van der Waals surface area contributed by atoms with Crippen LogP contribution in [0.4, 0.5) is 0 Å². The van der Waals surface area contributed by atoms with E-state index in [0.29, 0.717) is 30.3 Å². The Hall–Kier alpha value is -1.40. The molecule has 110 valence electrons. The van der Waals surface area contributed by atoms with Gasteiger partial charge in [0.05, 0.1) is 19.3 Å². The standard InChI is InChI=1S/C13H19ClN4O2/c1-13(2,7-19-3)18-9(5-6-14)17-10-11(18)15-8-16-12(10)20-4/h8H,5-7H2,1-4H3. The molecule has 0 bridgehead atoms. The number of aryl methyl sites for hydroxylation is 1. The lowest BCUT2D eigenvalue weighted by molar-refractivity contribution is 0.110. The van der Waals surface area contributed by atoms with Crippen LogP contribution in [0.25, 0.3) is 11.2 Å². The molecule has 0 saturated carbocycles. The minimum Gasteiger partial charge on any atom is -0.479 e. The van der Waals surface area contributed by atoms with Crippen LogP contribution in [0.5, 0.6) is 5.88 Å². The summed E-state index contributed by atoms with van der Waals surface area (Å²) < 4.78 is 12.6. The summed E-state index contributed by atoms with van der Waals surface area (Å²) in [4.78, 5) is 13.0. The Morgan fingerprint density at radius 2 is 2.05 bits per heavy atom. The lowest BCUT2D eigenvalue weighted by Crippen LogP contribution is -2.33. The molecule has 2 aromatic rings. The molecule has 0 spiro atoms. The summed E-state index contributed by atoms with van der Waals surface area (Å²) in [6, 6.07) is 0. The molecule has 0 N–H and O–H groups in total. The SMILES string of the molecule is COCC(C)(C)n1c(CCCl)nc2c(OC)ncnc21.